The summed E-state index contributed by atoms with van der Waals surface area (Å²) in [7, 11) is 0. The molecule has 0 spiro atoms. The molecule has 326 valence electrons. The summed E-state index contributed by atoms with van der Waals surface area (Å²) >= 11 is 0. The predicted octanol–water partition coefficient (Wildman–Crippen LogP) is 1.41. The van der Waals surface area contributed by atoms with Crippen molar-refractivity contribution in [1.82, 2.24) is 26.6 Å². The SMILES string of the molecule is CC(C)C[C@H](NC(=O)[C@H](CCCNC(=O)OCc1ccccc1)NC(=O)OCc1ccccc1)C(=O)N[C@@H](CO)[C@@H](O)[C@@H](O)[C@H](O)C(=O)N[C@@H](CC(=O)O)c1ccccc1. The van der Waals surface area contributed by atoms with Crippen LogP contribution in [0.25, 0.3) is 0 Å². The molecule has 0 heterocycles. The lowest BCUT2D eigenvalue weighted by molar-refractivity contribution is -0.145. The average Bonchev–Trinajstić information content (AvgIpc) is 3.24. The van der Waals surface area contributed by atoms with Gasteiger partial charge in [0.25, 0.3) is 5.91 Å². The summed E-state index contributed by atoms with van der Waals surface area (Å²) in [5.41, 5.74) is 1.87. The van der Waals surface area contributed by atoms with Gasteiger partial charge in [-0.25, -0.2) is 9.59 Å². The Morgan fingerprint density at radius 2 is 1.17 bits per heavy atom. The topological polar surface area (TPSA) is 282 Å². The van der Waals surface area contributed by atoms with Crippen molar-refractivity contribution >= 4 is 35.9 Å². The van der Waals surface area contributed by atoms with Gasteiger partial charge in [-0.3, -0.25) is 19.2 Å². The third kappa shape index (κ3) is 17.0. The summed E-state index contributed by atoms with van der Waals surface area (Å²) in [5.74, 6) is -4.41. The highest BCUT2D eigenvalue weighted by Gasteiger charge is 2.38. The lowest BCUT2D eigenvalue weighted by atomic mass is 9.98. The van der Waals surface area contributed by atoms with Crippen molar-refractivity contribution in [2.45, 2.75) is 95.2 Å². The third-order valence-corrected chi connectivity index (χ3v) is 9.09. The molecule has 0 aliphatic carbocycles. The fraction of sp³-hybridized carbons (Fsp3) is 0.429. The summed E-state index contributed by atoms with van der Waals surface area (Å²) in [6.07, 6.45) is -8.75. The van der Waals surface area contributed by atoms with Gasteiger partial charge in [-0.2, -0.15) is 0 Å². The highest BCUT2D eigenvalue weighted by molar-refractivity contribution is 5.91. The van der Waals surface area contributed by atoms with Crippen LogP contribution < -0.4 is 26.6 Å². The van der Waals surface area contributed by atoms with Crippen LogP contribution in [0.15, 0.2) is 91.0 Å². The number of carbonyl (C=O) groups is 6. The van der Waals surface area contributed by atoms with E-state index in [0.717, 1.165) is 5.56 Å². The van der Waals surface area contributed by atoms with Gasteiger partial charge in [0.1, 0.15) is 37.5 Å². The van der Waals surface area contributed by atoms with E-state index in [9.17, 15) is 54.3 Å². The monoisotopic (exact) mass is 837 g/mol. The van der Waals surface area contributed by atoms with Crippen molar-refractivity contribution in [3.8, 4) is 0 Å². The Kier molecular flexibility index (Phi) is 20.5. The molecule has 10 N–H and O–H groups in total. The molecule has 18 nitrogen and oxygen atoms in total. The van der Waals surface area contributed by atoms with Gasteiger partial charge in [0.15, 0.2) is 6.10 Å². The van der Waals surface area contributed by atoms with Crippen molar-refractivity contribution in [1.29, 1.82) is 0 Å². The summed E-state index contributed by atoms with van der Waals surface area (Å²) in [5, 5.41) is 64.1. The highest BCUT2D eigenvalue weighted by Crippen LogP contribution is 2.18. The summed E-state index contributed by atoms with van der Waals surface area (Å²) < 4.78 is 10.5. The van der Waals surface area contributed by atoms with Gasteiger partial charge in [0, 0.05) is 6.54 Å². The van der Waals surface area contributed by atoms with E-state index in [2.05, 4.69) is 26.6 Å². The van der Waals surface area contributed by atoms with Crippen molar-refractivity contribution in [2.24, 2.45) is 5.92 Å². The molecule has 18 heteroatoms. The molecule has 0 radical (unpaired) electrons. The third-order valence-electron chi connectivity index (χ3n) is 9.09. The van der Waals surface area contributed by atoms with Crippen LogP contribution in [0.2, 0.25) is 0 Å². The predicted molar refractivity (Wildman–Crippen MR) is 215 cm³/mol. The fourth-order valence-electron chi connectivity index (χ4n) is 5.89. The number of alkyl carbamates (subject to hydrolysis) is 2. The molecule has 7 atom stereocenters. The maximum atomic E-state index is 13.7. The number of hydrogen-bond acceptors (Lipinski definition) is 12. The summed E-state index contributed by atoms with van der Waals surface area (Å²) in [6, 6.07) is 20.5. The minimum absolute atomic E-state index is 0.0248. The average molecular weight is 838 g/mol. The standard InChI is InChI=1S/C42H55N5O13/c1-26(2)21-32(39(55)46-33(23-48)35(51)36(52)37(53)40(56)44-31(22-34(49)50)29-17-10-5-11-18-29)45-38(54)30(47-42(58)60-25-28-15-8-4-9-16-28)19-12-20-43-41(57)59-24-27-13-6-3-7-14-27/h3-11,13-18,26,30-33,35-37,48,51-53H,12,19-25H2,1-2H3,(H,43,57)(H,44,56)(H,45,54)(H,46,55)(H,47,58)(H,49,50)/t30-,31-,32-,33-,35+,36+,37-/m0/s1. The summed E-state index contributed by atoms with van der Waals surface area (Å²) in [4.78, 5) is 76.8. The molecule has 0 fully saturated rings. The van der Waals surface area contributed by atoms with Crippen LogP contribution in [0, 0.1) is 5.92 Å². The number of ether oxygens (including phenoxy) is 2. The minimum Gasteiger partial charge on any atom is -0.481 e. The molecule has 0 aliphatic rings. The van der Waals surface area contributed by atoms with Gasteiger partial charge in [0.2, 0.25) is 11.8 Å². The molecular formula is C42H55N5O13. The lowest BCUT2D eigenvalue weighted by Gasteiger charge is -2.31. The maximum Gasteiger partial charge on any atom is 0.408 e. The molecule has 0 aromatic heterocycles. The van der Waals surface area contributed by atoms with E-state index in [1.54, 1.807) is 98.8 Å². The quantitative estimate of drug-likeness (QED) is 0.0573. The Bertz CT molecular complexity index is 1800. The van der Waals surface area contributed by atoms with E-state index >= 15 is 0 Å². The van der Waals surface area contributed by atoms with Crippen molar-refractivity contribution in [3.05, 3.63) is 108 Å². The minimum atomic E-state index is -2.33. The van der Waals surface area contributed by atoms with Gasteiger partial charge in [-0.1, -0.05) is 105 Å². The zero-order valence-corrected chi connectivity index (χ0v) is 33.4. The number of carbonyl (C=O) groups excluding carboxylic acids is 5. The highest BCUT2D eigenvalue weighted by atomic mass is 16.6. The fourth-order valence-corrected chi connectivity index (χ4v) is 5.89. The maximum absolute atomic E-state index is 13.7. The molecule has 0 unspecified atom stereocenters. The van der Waals surface area contributed by atoms with Gasteiger partial charge in [-0.15, -0.1) is 0 Å². The number of carboxylic acids is 1. The molecule has 60 heavy (non-hydrogen) atoms. The van der Waals surface area contributed by atoms with Crippen molar-refractivity contribution < 1.29 is 63.8 Å². The second-order valence-corrected chi connectivity index (χ2v) is 14.4. The second-order valence-electron chi connectivity index (χ2n) is 14.4. The van der Waals surface area contributed by atoms with Crippen molar-refractivity contribution in [2.75, 3.05) is 13.2 Å². The number of rotatable bonds is 24. The van der Waals surface area contributed by atoms with Gasteiger partial charge < -0.3 is 61.6 Å². The first-order valence-electron chi connectivity index (χ1n) is 19.4. The zero-order chi connectivity index (χ0) is 44.0. The molecule has 3 aromatic rings. The van der Waals surface area contributed by atoms with Crippen molar-refractivity contribution in [3.63, 3.8) is 0 Å². The first-order valence-corrected chi connectivity index (χ1v) is 19.4. The normalized spacial score (nSPS) is 14.5. The van der Waals surface area contributed by atoms with Crippen LogP contribution >= 0.6 is 0 Å². The zero-order valence-electron chi connectivity index (χ0n) is 33.4. The number of aliphatic carboxylic acids is 1. The largest absolute Gasteiger partial charge is 0.481 e. The number of aliphatic hydroxyl groups is 4. The smallest absolute Gasteiger partial charge is 0.408 e. The van der Waals surface area contributed by atoms with Crippen LogP contribution in [0.4, 0.5) is 9.59 Å². The first kappa shape index (κ1) is 48.3. The molecule has 0 bridgehead atoms. The Hall–Kier alpha value is -6.08. The molecule has 3 aromatic carbocycles. The number of aliphatic hydroxyl groups excluding tert-OH is 4. The van der Waals surface area contributed by atoms with E-state index in [4.69, 9.17) is 9.47 Å². The Labute approximate surface area is 347 Å². The van der Waals surface area contributed by atoms with E-state index in [-0.39, 0.29) is 44.9 Å². The van der Waals surface area contributed by atoms with Gasteiger partial charge in [-0.05, 0) is 41.9 Å². The molecule has 3 rings (SSSR count). The second kappa shape index (κ2) is 25.4. The molecule has 0 saturated heterocycles. The first-order chi connectivity index (χ1) is 28.7. The van der Waals surface area contributed by atoms with E-state index < -0.39 is 91.4 Å². The number of amides is 5. The van der Waals surface area contributed by atoms with Crippen LogP contribution in [0.1, 0.15) is 62.3 Å². The van der Waals surface area contributed by atoms with Crippen LogP contribution in [-0.4, -0.2) is 111 Å². The van der Waals surface area contributed by atoms with E-state index in [1.165, 1.54) is 0 Å². The van der Waals surface area contributed by atoms with Crippen LogP contribution in [0.3, 0.4) is 0 Å². The number of carboxylic acid groups (broad SMARTS) is 1. The number of nitrogens with one attached hydrogen (secondary N) is 5. The van der Waals surface area contributed by atoms with Gasteiger partial charge >= 0.3 is 18.2 Å². The van der Waals surface area contributed by atoms with Crippen LogP contribution in [0.5, 0.6) is 0 Å². The number of benzene rings is 3. The Morgan fingerprint density at radius 3 is 1.70 bits per heavy atom. The molecule has 5 amide bonds. The van der Waals surface area contributed by atoms with E-state index in [0.29, 0.717) is 11.1 Å². The number of hydrogen-bond donors (Lipinski definition) is 10. The van der Waals surface area contributed by atoms with Gasteiger partial charge in [0.05, 0.1) is 25.1 Å². The molecular weight excluding hydrogens is 782 g/mol. The Morgan fingerprint density at radius 1 is 0.633 bits per heavy atom. The van der Waals surface area contributed by atoms with E-state index in [1.807, 2.05) is 6.07 Å². The molecule has 0 saturated carbocycles. The lowest BCUT2D eigenvalue weighted by Crippen LogP contribution is -2.60. The summed E-state index contributed by atoms with van der Waals surface area (Å²) in [6.45, 7) is 2.54. The molecule has 0 aliphatic heterocycles. The Balaban J connectivity index is 1.67. The van der Waals surface area contributed by atoms with Crippen LogP contribution in [-0.2, 0) is 41.9 Å².